The molecule has 0 radical (unpaired) electrons. The van der Waals surface area contributed by atoms with Gasteiger partial charge in [0.1, 0.15) is 6.10 Å². The summed E-state index contributed by atoms with van der Waals surface area (Å²) in [6, 6.07) is 0. The Kier molecular flexibility index (Phi) is 15.3. The number of esters is 2. The van der Waals surface area contributed by atoms with Crippen LogP contribution in [0.5, 0.6) is 0 Å². The maximum atomic E-state index is 10.9. The molecule has 122 valence electrons. The van der Waals surface area contributed by atoms with Gasteiger partial charge in [-0.2, -0.15) is 0 Å². The molecule has 0 bridgehead atoms. The second kappa shape index (κ2) is 14.8. The van der Waals surface area contributed by atoms with Crippen LogP contribution in [0.4, 0.5) is 0 Å². The summed E-state index contributed by atoms with van der Waals surface area (Å²) in [5.74, 6) is -0.615. The van der Waals surface area contributed by atoms with Crippen molar-refractivity contribution in [2.45, 2.75) is 65.9 Å². The molecule has 1 unspecified atom stereocenters. The fraction of sp³-hybridized carbons (Fsp3) is 0.647. The first-order valence-electron chi connectivity index (χ1n) is 7.58. The summed E-state index contributed by atoms with van der Waals surface area (Å²) in [5, 5.41) is 0. The largest absolute Gasteiger partial charge is 0.463 e. The molecule has 0 aromatic heterocycles. The minimum atomic E-state index is -0.312. The number of rotatable bonds is 9. The van der Waals surface area contributed by atoms with E-state index in [9.17, 15) is 9.59 Å². The van der Waals surface area contributed by atoms with Gasteiger partial charge in [-0.25, -0.2) is 9.59 Å². The Labute approximate surface area is 129 Å². The molecule has 21 heavy (non-hydrogen) atoms. The van der Waals surface area contributed by atoms with E-state index in [2.05, 4.69) is 24.8 Å². The van der Waals surface area contributed by atoms with Crippen LogP contribution >= 0.6 is 0 Å². The van der Waals surface area contributed by atoms with Crippen molar-refractivity contribution in [3.05, 3.63) is 24.8 Å². The maximum absolute atomic E-state index is 10.9. The van der Waals surface area contributed by atoms with E-state index in [1.165, 1.54) is 18.9 Å². The van der Waals surface area contributed by atoms with Gasteiger partial charge in [0, 0.05) is 11.6 Å². The Morgan fingerprint density at radius 1 is 1.19 bits per heavy atom. The average molecular weight is 298 g/mol. The Bertz CT molecular complexity index is 321. The van der Waals surface area contributed by atoms with Gasteiger partial charge in [-0.1, -0.05) is 39.8 Å². The molecule has 0 aliphatic heterocycles. The van der Waals surface area contributed by atoms with Gasteiger partial charge in [0.15, 0.2) is 0 Å². The highest BCUT2D eigenvalue weighted by atomic mass is 16.5. The van der Waals surface area contributed by atoms with Crippen LogP contribution in [0.15, 0.2) is 24.8 Å². The standard InChI is InChI=1S/C11H20O2.C6H10O2/c1-4-7-8-9-10(5-2)13-11(12)6-3;1-4-8-6(7)5(2)3/h6,10H,3-5,7-9H2,1-2H3;2,4H2,1,3H3. The highest BCUT2D eigenvalue weighted by molar-refractivity contribution is 5.86. The van der Waals surface area contributed by atoms with E-state index in [-0.39, 0.29) is 18.0 Å². The summed E-state index contributed by atoms with van der Waals surface area (Å²) in [7, 11) is 0. The summed E-state index contributed by atoms with van der Waals surface area (Å²) in [5.41, 5.74) is 0.451. The zero-order valence-electron chi connectivity index (χ0n) is 13.9. The third-order valence-corrected chi connectivity index (χ3v) is 2.66. The van der Waals surface area contributed by atoms with Crippen molar-refractivity contribution in [2.24, 2.45) is 0 Å². The van der Waals surface area contributed by atoms with Gasteiger partial charge in [0.25, 0.3) is 0 Å². The minimum Gasteiger partial charge on any atom is -0.463 e. The second-order valence-corrected chi connectivity index (χ2v) is 4.67. The summed E-state index contributed by atoms with van der Waals surface area (Å²) in [4.78, 5) is 21.3. The predicted molar refractivity (Wildman–Crippen MR) is 86.0 cm³/mol. The number of carbonyl (C=O) groups excluding carboxylic acids is 2. The van der Waals surface area contributed by atoms with Crippen molar-refractivity contribution in [1.82, 2.24) is 0 Å². The monoisotopic (exact) mass is 298 g/mol. The van der Waals surface area contributed by atoms with Crippen molar-refractivity contribution in [1.29, 1.82) is 0 Å². The van der Waals surface area contributed by atoms with Gasteiger partial charge in [-0.3, -0.25) is 0 Å². The van der Waals surface area contributed by atoms with Crippen molar-refractivity contribution in [3.63, 3.8) is 0 Å². The lowest BCUT2D eigenvalue weighted by Gasteiger charge is -2.14. The lowest BCUT2D eigenvalue weighted by molar-refractivity contribution is -0.143. The fourth-order valence-corrected chi connectivity index (χ4v) is 1.44. The molecule has 0 amide bonds. The normalized spacial score (nSPS) is 10.7. The highest BCUT2D eigenvalue weighted by Gasteiger charge is 2.09. The van der Waals surface area contributed by atoms with Gasteiger partial charge < -0.3 is 9.47 Å². The topological polar surface area (TPSA) is 52.6 Å². The van der Waals surface area contributed by atoms with E-state index in [0.717, 1.165) is 19.3 Å². The van der Waals surface area contributed by atoms with Gasteiger partial charge in [0.2, 0.25) is 0 Å². The summed E-state index contributed by atoms with van der Waals surface area (Å²) in [6.45, 7) is 14.8. The van der Waals surface area contributed by atoms with Crippen LogP contribution in [-0.4, -0.2) is 24.6 Å². The van der Waals surface area contributed by atoms with E-state index < -0.39 is 0 Å². The van der Waals surface area contributed by atoms with Crippen LogP contribution in [0.2, 0.25) is 0 Å². The Morgan fingerprint density at radius 3 is 2.14 bits per heavy atom. The first-order chi connectivity index (χ1) is 9.92. The van der Waals surface area contributed by atoms with Crippen LogP contribution in [-0.2, 0) is 19.1 Å². The number of carbonyl (C=O) groups is 2. The third-order valence-electron chi connectivity index (χ3n) is 2.66. The van der Waals surface area contributed by atoms with E-state index in [4.69, 9.17) is 4.74 Å². The van der Waals surface area contributed by atoms with Crippen LogP contribution in [0.1, 0.15) is 59.8 Å². The predicted octanol–water partition coefficient (Wildman–Crippen LogP) is 4.20. The van der Waals surface area contributed by atoms with Gasteiger partial charge >= 0.3 is 11.9 Å². The van der Waals surface area contributed by atoms with E-state index in [1.807, 2.05) is 6.92 Å². The molecule has 0 heterocycles. The average Bonchev–Trinajstić information content (AvgIpc) is 2.47. The highest BCUT2D eigenvalue weighted by Crippen LogP contribution is 2.10. The summed E-state index contributed by atoms with van der Waals surface area (Å²) in [6.07, 6.45) is 6.72. The molecular weight excluding hydrogens is 268 g/mol. The Hall–Kier alpha value is -1.58. The summed E-state index contributed by atoms with van der Waals surface area (Å²) < 4.78 is 9.70. The van der Waals surface area contributed by atoms with Gasteiger partial charge in [0.05, 0.1) is 6.61 Å². The summed E-state index contributed by atoms with van der Waals surface area (Å²) >= 11 is 0. The van der Waals surface area contributed by atoms with Gasteiger partial charge in [-0.15, -0.1) is 0 Å². The molecule has 0 aromatic carbocycles. The molecule has 0 spiro atoms. The number of hydrogen-bond acceptors (Lipinski definition) is 4. The smallest absolute Gasteiger partial charge is 0.333 e. The zero-order valence-corrected chi connectivity index (χ0v) is 13.9. The maximum Gasteiger partial charge on any atom is 0.333 e. The first-order valence-corrected chi connectivity index (χ1v) is 7.58. The molecule has 1 atom stereocenters. The van der Waals surface area contributed by atoms with Crippen molar-refractivity contribution >= 4 is 11.9 Å². The lowest BCUT2D eigenvalue weighted by Crippen LogP contribution is -2.15. The van der Waals surface area contributed by atoms with Crippen molar-refractivity contribution < 1.29 is 19.1 Å². The molecule has 0 saturated heterocycles. The van der Waals surface area contributed by atoms with Crippen LogP contribution in [0, 0.1) is 0 Å². The minimum absolute atomic E-state index is 0.0806. The molecule has 0 aliphatic carbocycles. The molecule has 4 heteroatoms. The SMILES string of the molecule is C=C(C)C(=O)OCC.C=CC(=O)OC(CC)CCCCC. The molecule has 0 fully saturated rings. The van der Waals surface area contributed by atoms with E-state index >= 15 is 0 Å². The molecular formula is C17H30O4. The molecule has 0 aromatic rings. The van der Waals surface area contributed by atoms with Crippen molar-refractivity contribution in [2.75, 3.05) is 6.61 Å². The molecule has 0 N–H and O–H groups in total. The molecule has 0 aliphatic rings. The fourth-order valence-electron chi connectivity index (χ4n) is 1.44. The van der Waals surface area contributed by atoms with Gasteiger partial charge in [-0.05, 0) is 33.1 Å². The van der Waals surface area contributed by atoms with Crippen molar-refractivity contribution in [3.8, 4) is 0 Å². The second-order valence-electron chi connectivity index (χ2n) is 4.67. The number of hydrogen-bond donors (Lipinski definition) is 0. The zero-order chi connectivity index (χ0) is 16.7. The van der Waals surface area contributed by atoms with Crippen LogP contribution in [0.25, 0.3) is 0 Å². The quantitative estimate of drug-likeness (QED) is 0.364. The van der Waals surface area contributed by atoms with E-state index in [0.29, 0.717) is 12.2 Å². The third kappa shape index (κ3) is 14.6. The number of ether oxygens (including phenoxy) is 2. The van der Waals surface area contributed by atoms with E-state index in [1.54, 1.807) is 13.8 Å². The van der Waals surface area contributed by atoms with Crippen LogP contribution < -0.4 is 0 Å². The molecule has 0 saturated carbocycles. The number of unbranched alkanes of at least 4 members (excludes halogenated alkanes) is 2. The first kappa shape index (κ1) is 21.7. The lowest BCUT2D eigenvalue weighted by atomic mass is 10.1. The Balaban J connectivity index is 0. The molecule has 4 nitrogen and oxygen atoms in total. The Morgan fingerprint density at radius 2 is 1.81 bits per heavy atom. The van der Waals surface area contributed by atoms with Crippen LogP contribution in [0.3, 0.4) is 0 Å². The molecule has 0 rings (SSSR count).